The number of nitrogens with zero attached hydrogens (tertiary/aromatic N) is 3. The Morgan fingerprint density at radius 1 is 1.31 bits per heavy atom. The second-order valence-electron chi connectivity index (χ2n) is 6.15. The van der Waals surface area contributed by atoms with Crippen LogP contribution < -0.4 is 5.32 Å². The van der Waals surface area contributed by atoms with E-state index in [1.807, 2.05) is 44.2 Å². The molecule has 1 atom stereocenters. The van der Waals surface area contributed by atoms with Crippen molar-refractivity contribution in [1.29, 1.82) is 0 Å². The Hall–Kier alpha value is -2.96. The molecule has 3 rings (SSSR count). The van der Waals surface area contributed by atoms with Crippen LogP contribution in [-0.4, -0.2) is 26.0 Å². The van der Waals surface area contributed by atoms with E-state index in [9.17, 15) is 4.79 Å². The third-order valence-electron chi connectivity index (χ3n) is 4.09. The second-order valence-corrected chi connectivity index (χ2v) is 6.15. The number of carbonyl (C=O) groups is 1. The van der Waals surface area contributed by atoms with Crippen LogP contribution in [0.25, 0.3) is 11.3 Å². The van der Waals surface area contributed by atoms with E-state index < -0.39 is 0 Å². The lowest BCUT2D eigenvalue weighted by atomic mass is 10.2. The van der Waals surface area contributed by atoms with Crippen molar-refractivity contribution >= 4 is 5.91 Å². The average Bonchev–Trinajstić information content (AvgIpc) is 3.32. The number of aromatic amines is 1. The standard InChI is InChI=1S/C19H23N5O2/c1-3-16-23-18(26-24-16)11-7-10-17(25)21-13(2)19-20-12-15(22-19)14-8-5-4-6-9-14/h4-6,8-9,12-13H,3,7,10-11H2,1-2H3,(H,20,22)(H,21,25). The van der Waals surface area contributed by atoms with Gasteiger partial charge in [0.25, 0.3) is 0 Å². The third kappa shape index (κ3) is 4.56. The van der Waals surface area contributed by atoms with Crippen molar-refractivity contribution in [1.82, 2.24) is 25.4 Å². The maximum atomic E-state index is 12.1. The first kappa shape index (κ1) is 17.8. The highest BCUT2D eigenvalue weighted by Gasteiger charge is 2.14. The zero-order chi connectivity index (χ0) is 18.4. The summed E-state index contributed by atoms with van der Waals surface area (Å²) in [5.74, 6) is 2.00. The molecule has 1 amide bonds. The van der Waals surface area contributed by atoms with Crippen molar-refractivity contribution in [3.05, 3.63) is 54.1 Å². The molecular formula is C19H23N5O2. The maximum Gasteiger partial charge on any atom is 0.226 e. The van der Waals surface area contributed by atoms with Crippen LogP contribution in [0.5, 0.6) is 0 Å². The predicted octanol–water partition coefficient (Wildman–Crippen LogP) is 3.22. The molecule has 1 aromatic carbocycles. The molecule has 0 aliphatic carbocycles. The molecule has 1 unspecified atom stereocenters. The molecule has 136 valence electrons. The third-order valence-corrected chi connectivity index (χ3v) is 4.09. The molecule has 2 heterocycles. The van der Waals surface area contributed by atoms with E-state index in [4.69, 9.17) is 4.52 Å². The Morgan fingerprint density at radius 3 is 2.85 bits per heavy atom. The summed E-state index contributed by atoms with van der Waals surface area (Å²) in [6.45, 7) is 3.89. The lowest BCUT2D eigenvalue weighted by Crippen LogP contribution is -2.27. The van der Waals surface area contributed by atoms with Crippen LogP contribution >= 0.6 is 0 Å². The summed E-state index contributed by atoms with van der Waals surface area (Å²) in [6, 6.07) is 9.78. The molecule has 0 aliphatic rings. The van der Waals surface area contributed by atoms with E-state index in [-0.39, 0.29) is 11.9 Å². The van der Waals surface area contributed by atoms with Gasteiger partial charge in [0, 0.05) is 19.3 Å². The molecule has 7 nitrogen and oxygen atoms in total. The van der Waals surface area contributed by atoms with Crippen molar-refractivity contribution in [2.75, 3.05) is 0 Å². The Bertz CT molecular complexity index is 841. The van der Waals surface area contributed by atoms with Gasteiger partial charge in [0.2, 0.25) is 11.8 Å². The lowest BCUT2D eigenvalue weighted by Gasteiger charge is -2.11. The molecule has 0 fully saturated rings. The number of H-pyrrole nitrogens is 1. The fourth-order valence-electron chi connectivity index (χ4n) is 2.64. The minimum absolute atomic E-state index is 0.0228. The Kier molecular flexibility index (Phi) is 5.78. The van der Waals surface area contributed by atoms with E-state index in [1.54, 1.807) is 6.20 Å². The van der Waals surface area contributed by atoms with Crippen LogP contribution in [0.4, 0.5) is 0 Å². The van der Waals surface area contributed by atoms with Gasteiger partial charge in [0.05, 0.1) is 17.9 Å². The van der Waals surface area contributed by atoms with Crippen molar-refractivity contribution < 1.29 is 9.32 Å². The van der Waals surface area contributed by atoms with Crippen LogP contribution in [0.15, 0.2) is 41.1 Å². The molecule has 2 aromatic heterocycles. The van der Waals surface area contributed by atoms with E-state index in [0.717, 1.165) is 23.5 Å². The molecular weight excluding hydrogens is 330 g/mol. The maximum absolute atomic E-state index is 12.1. The summed E-state index contributed by atoms with van der Waals surface area (Å²) in [6.07, 6.45) is 4.20. The molecule has 0 radical (unpaired) electrons. The number of hydrogen-bond donors (Lipinski definition) is 2. The van der Waals surface area contributed by atoms with E-state index >= 15 is 0 Å². The number of benzene rings is 1. The Labute approximate surface area is 152 Å². The number of amides is 1. The molecule has 26 heavy (non-hydrogen) atoms. The topological polar surface area (TPSA) is 96.7 Å². The monoisotopic (exact) mass is 353 g/mol. The first-order valence-electron chi connectivity index (χ1n) is 8.87. The van der Waals surface area contributed by atoms with Crippen LogP contribution in [0.2, 0.25) is 0 Å². The van der Waals surface area contributed by atoms with Crippen LogP contribution in [0, 0.1) is 0 Å². The van der Waals surface area contributed by atoms with E-state index in [1.165, 1.54) is 0 Å². The van der Waals surface area contributed by atoms with Gasteiger partial charge in [-0.1, -0.05) is 42.4 Å². The highest BCUT2D eigenvalue weighted by molar-refractivity contribution is 5.76. The normalized spacial score (nSPS) is 12.1. The minimum Gasteiger partial charge on any atom is -0.346 e. The quantitative estimate of drug-likeness (QED) is 0.648. The molecule has 2 N–H and O–H groups in total. The number of rotatable bonds is 8. The van der Waals surface area contributed by atoms with Gasteiger partial charge in [0.15, 0.2) is 5.82 Å². The smallest absolute Gasteiger partial charge is 0.226 e. The van der Waals surface area contributed by atoms with Crippen LogP contribution in [0.1, 0.15) is 50.3 Å². The molecule has 0 saturated heterocycles. The second kappa shape index (κ2) is 8.42. The Balaban J connectivity index is 1.47. The van der Waals surface area contributed by atoms with Gasteiger partial charge < -0.3 is 14.8 Å². The number of aromatic nitrogens is 4. The summed E-state index contributed by atoms with van der Waals surface area (Å²) in [7, 11) is 0. The number of hydrogen-bond acceptors (Lipinski definition) is 5. The van der Waals surface area contributed by atoms with Crippen LogP contribution in [0.3, 0.4) is 0 Å². The van der Waals surface area contributed by atoms with Crippen molar-refractivity contribution in [2.45, 2.75) is 45.6 Å². The minimum atomic E-state index is -0.185. The van der Waals surface area contributed by atoms with Crippen LogP contribution in [-0.2, 0) is 17.6 Å². The van der Waals surface area contributed by atoms with Gasteiger partial charge in [0.1, 0.15) is 5.82 Å². The number of carbonyl (C=O) groups excluding carboxylic acids is 1. The number of aryl methyl sites for hydroxylation is 2. The number of nitrogens with one attached hydrogen (secondary N) is 2. The van der Waals surface area contributed by atoms with Gasteiger partial charge in [-0.3, -0.25) is 4.79 Å². The lowest BCUT2D eigenvalue weighted by molar-refractivity contribution is -0.121. The average molecular weight is 353 g/mol. The highest BCUT2D eigenvalue weighted by Crippen LogP contribution is 2.18. The molecule has 7 heteroatoms. The van der Waals surface area contributed by atoms with Crippen molar-refractivity contribution in [2.24, 2.45) is 0 Å². The van der Waals surface area contributed by atoms with Gasteiger partial charge in [-0.15, -0.1) is 0 Å². The zero-order valence-electron chi connectivity index (χ0n) is 15.0. The van der Waals surface area contributed by atoms with Gasteiger partial charge in [-0.2, -0.15) is 4.98 Å². The van der Waals surface area contributed by atoms with Gasteiger partial charge in [-0.05, 0) is 18.9 Å². The first-order valence-corrected chi connectivity index (χ1v) is 8.87. The van der Waals surface area contributed by atoms with Gasteiger partial charge >= 0.3 is 0 Å². The summed E-state index contributed by atoms with van der Waals surface area (Å²) < 4.78 is 5.12. The highest BCUT2D eigenvalue weighted by atomic mass is 16.5. The fraction of sp³-hybridized carbons (Fsp3) is 0.368. The zero-order valence-corrected chi connectivity index (χ0v) is 15.0. The van der Waals surface area contributed by atoms with Gasteiger partial charge in [-0.25, -0.2) is 4.98 Å². The molecule has 0 aliphatic heterocycles. The van der Waals surface area contributed by atoms with E-state index in [0.29, 0.717) is 31.0 Å². The SMILES string of the molecule is CCc1noc(CCCC(=O)NC(C)c2ncc(-c3ccccc3)[nH]2)n1. The predicted molar refractivity (Wildman–Crippen MR) is 97.2 cm³/mol. The fourth-order valence-corrected chi connectivity index (χ4v) is 2.64. The summed E-state index contributed by atoms with van der Waals surface area (Å²) >= 11 is 0. The van der Waals surface area contributed by atoms with Crippen molar-refractivity contribution in [3.63, 3.8) is 0 Å². The first-order chi connectivity index (χ1) is 12.7. The Morgan fingerprint density at radius 2 is 2.12 bits per heavy atom. The largest absolute Gasteiger partial charge is 0.346 e. The molecule has 0 saturated carbocycles. The summed E-state index contributed by atoms with van der Waals surface area (Å²) in [5, 5.41) is 6.81. The van der Waals surface area contributed by atoms with Crippen molar-refractivity contribution in [3.8, 4) is 11.3 Å². The summed E-state index contributed by atoms with van der Waals surface area (Å²) in [4.78, 5) is 24.0. The molecule has 0 bridgehead atoms. The summed E-state index contributed by atoms with van der Waals surface area (Å²) in [5.41, 5.74) is 2.00. The number of imidazole rings is 1. The molecule has 3 aromatic rings. The van der Waals surface area contributed by atoms with E-state index in [2.05, 4.69) is 25.4 Å². The molecule has 0 spiro atoms.